The fourth-order valence-electron chi connectivity index (χ4n) is 3.79. The number of fused-ring (bicyclic) bond motifs is 4. The van der Waals surface area contributed by atoms with Gasteiger partial charge in [0.2, 0.25) is 0 Å². The lowest BCUT2D eigenvalue weighted by molar-refractivity contribution is -0.143. The Bertz CT molecular complexity index is 1600. The van der Waals surface area contributed by atoms with Crippen molar-refractivity contribution in [2.45, 2.75) is 19.6 Å². The van der Waals surface area contributed by atoms with Gasteiger partial charge < -0.3 is 0 Å². The van der Waals surface area contributed by atoms with E-state index in [1.807, 2.05) is 0 Å². The Morgan fingerprint density at radius 3 is 2.59 bits per heavy atom. The molecule has 0 unspecified atom stereocenters. The molecule has 0 saturated carbocycles. The van der Waals surface area contributed by atoms with E-state index in [4.69, 9.17) is 0 Å². The van der Waals surface area contributed by atoms with Gasteiger partial charge in [0.05, 0.1) is 23.1 Å². The standard InChI is InChI=1S/C19H10F6N6O/c1-7-13-8-5-10(20)15(19(23,24)25)27-16(8)30(17(32)14(13)29-31(7)18(21)22)12-4-2-3-11-9(12)6-26-28-11/h2-6,18H,1H3,(H,26,28). The first kappa shape index (κ1) is 20.0. The highest BCUT2D eigenvalue weighted by Gasteiger charge is 2.37. The molecule has 0 spiro atoms. The van der Waals surface area contributed by atoms with Gasteiger partial charge in [-0.15, -0.1) is 0 Å². The number of hydrogen-bond acceptors (Lipinski definition) is 4. The van der Waals surface area contributed by atoms with Crippen LogP contribution in [0.1, 0.15) is 17.9 Å². The summed E-state index contributed by atoms with van der Waals surface area (Å²) in [6, 6.07) is 5.07. The topological polar surface area (TPSA) is 81.4 Å². The molecule has 4 aromatic heterocycles. The van der Waals surface area contributed by atoms with E-state index in [1.165, 1.54) is 25.3 Å². The summed E-state index contributed by atoms with van der Waals surface area (Å²) in [6.45, 7) is -1.92. The van der Waals surface area contributed by atoms with Crippen LogP contribution in [-0.4, -0.2) is 29.5 Å². The number of aromatic amines is 1. The van der Waals surface area contributed by atoms with Crippen LogP contribution in [0.5, 0.6) is 0 Å². The summed E-state index contributed by atoms with van der Waals surface area (Å²) < 4.78 is 82.5. The summed E-state index contributed by atoms with van der Waals surface area (Å²) in [5, 5.41) is 10.0. The van der Waals surface area contributed by atoms with Crippen LogP contribution in [-0.2, 0) is 6.18 Å². The predicted molar refractivity (Wildman–Crippen MR) is 101 cm³/mol. The van der Waals surface area contributed by atoms with Crippen LogP contribution in [0.3, 0.4) is 0 Å². The molecule has 4 heterocycles. The highest BCUT2D eigenvalue weighted by molar-refractivity contribution is 6.06. The summed E-state index contributed by atoms with van der Waals surface area (Å²) in [5.74, 6) is -1.71. The maximum atomic E-state index is 14.4. The smallest absolute Gasteiger partial charge is 0.278 e. The lowest BCUT2D eigenvalue weighted by atomic mass is 10.1. The molecule has 7 nitrogen and oxygen atoms in total. The maximum absolute atomic E-state index is 14.4. The molecule has 0 fully saturated rings. The minimum absolute atomic E-state index is 0.0737. The van der Waals surface area contributed by atoms with E-state index in [-0.39, 0.29) is 26.8 Å². The minimum Gasteiger partial charge on any atom is -0.278 e. The number of rotatable bonds is 2. The van der Waals surface area contributed by atoms with Crippen LogP contribution in [0, 0.1) is 12.7 Å². The third-order valence-corrected chi connectivity index (χ3v) is 5.15. The predicted octanol–water partition coefficient (Wildman–Crippen LogP) is 4.47. The second kappa shape index (κ2) is 6.55. The molecule has 0 amide bonds. The van der Waals surface area contributed by atoms with Gasteiger partial charge in [0, 0.05) is 16.2 Å². The number of halogens is 6. The number of benzene rings is 1. The summed E-state index contributed by atoms with van der Waals surface area (Å²) in [4.78, 5) is 16.8. The highest BCUT2D eigenvalue weighted by atomic mass is 19.4. The average molecular weight is 452 g/mol. The molecule has 0 aliphatic carbocycles. The van der Waals surface area contributed by atoms with Gasteiger partial charge in [0.25, 0.3) is 5.56 Å². The Hall–Kier alpha value is -3.90. The number of nitrogens with one attached hydrogen (secondary N) is 1. The normalized spacial score (nSPS) is 12.6. The van der Waals surface area contributed by atoms with Crippen molar-refractivity contribution in [3.8, 4) is 5.69 Å². The number of hydrogen-bond donors (Lipinski definition) is 1. The third kappa shape index (κ3) is 2.70. The van der Waals surface area contributed by atoms with Crippen LogP contribution in [0.15, 0.2) is 35.3 Å². The van der Waals surface area contributed by atoms with E-state index in [0.717, 1.165) is 4.57 Å². The highest BCUT2D eigenvalue weighted by Crippen LogP contribution is 2.35. The quantitative estimate of drug-likeness (QED) is 0.401. The molecule has 32 heavy (non-hydrogen) atoms. The van der Waals surface area contributed by atoms with Gasteiger partial charge in [-0.25, -0.2) is 14.1 Å². The summed E-state index contributed by atoms with van der Waals surface area (Å²) >= 11 is 0. The van der Waals surface area contributed by atoms with Crippen molar-refractivity contribution in [3.05, 3.63) is 58.0 Å². The van der Waals surface area contributed by atoms with Crippen LogP contribution in [0.2, 0.25) is 0 Å². The van der Waals surface area contributed by atoms with Crippen LogP contribution in [0.25, 0.3) is 38.5 Å². The SMILES string of the molecule is Cc1c2c(nn1C(F)F)c(=O)n(-c1cccc3[nH]ncc13)c1nc(C(F)(F)F)c(F)cc21. The van der Waals surface area contributed by atoms with Crippen molar-refractivity contribution in [1.29, 1.82) is 0 Å². The zero-order valence-electron chi connectivity index (χ0n) is 15.9. The third-order valence-electron chi connectivity index (χ3n) is 5.15. The van der Waals surface area contributed by atoms with Crippen molar-refractivity contribution in [2.24, 2.45) is 0 Å². The van der Waals surface area contributed by atoms with Gasteiger partial charge in [-0.1, -0.05) is 6.07 Å². The van der Waals surface area contributed by atoms with E-state index < -0.39 is 41.0 Å². The van der Waals surface area contributed by atoms with Gasteiger partial charge in [0.15, 0.2) is 17.0 Å². The first-order chi connectivity index (χ1) is 15.1. The van der Waals surface area contributed by atoms with E-state index in [1.54, 1.807) is 6.07 Å². The van der Waals surface area contributed by atoms with E-state index in [2.05, 4.69) is 20.3 Å². The van der Waals surface area contributed by atoms with Crippen molar-refractivity contribution in [3.63, 3.8) is 0 Å². The molecule has 0 bridgehead atoms. The molecule has 0 aliphatic rings. The molecule has 1 aromatic carbocycles. The van der Waals surface area contributed by atoms with Crippen molar-refractivity contribution >= 4 is 32.8 Å². The first-order valence-electron chi connectivity index (χ1n) is 9.01. The van der Waals surface area contributed by atoms with E-state index in [0.29, 0.717) is 17.0 Å². The number of pyridine rings is 2. The Morgan fingerprint density at radius 1 is 1.16 bits per heavy atom. The molecular formula is C19H10F6N6O. The molecule has 5 rings (SSSR count). The molecule has 0 radical (unpaired) electrons. The number of nitrogens with zero attached hydrogens (tertiary/aromatic N) is 5. The summed E-state index contributed by atoms with van der Waals surface area (Å²) in [7, 11) is 0. The van der Waals surface area contributed by atoms with Crippen molar-refractivity contribution in [2.75, 3.05) is 0 Å². The fourth-order valence-corrected chi connectivity index (χ4v) is 3.79. The molecule has 0 saturated heterocycles. The number of aromatic nitrogens is 6. The van der Waals surface area contributed by atoms with Gasteiger partial charge in [-0.05, 0) is 25.1 Å². The average Bonchev–Trinajstić information content (AvgIpc) is 3.32. The lowest BCUT2D eigenvalue weighted by Crippen LogP contribution is -2.22. The zero-order chi connectivity index (χ0) is 22.9. The van der Waals surface area contributed by atoms with Crippen LogP contribution >= 0.6 is 0 Å². The molecule has 0 aliphatic heterocycles. The Morgan fingerprint density at radius 2 is 1.91 bits per heavy atom. The molecule has 1 N–H and O–H groups in total. The molecular weight excluding hydrogens is 442 g/mol. The Balaban J connectivity index is 2.06. The van der Waals surface area contributed by atoms with E-state index >= 15 is 0 Å². The van der Waals surface area contributed by atoms with E-state index in [9.17, 15) is 31.1 Å². The lowest BCUT2D eigenvalue weighted by Gasteiger charge is -2.14. The van der Waals surface area contributed by atoms with Gasteiger partial charge in [0.1, 0.15) is 5.65 Å². The van der Waals surface area contributed by atoms with Crippen LogP contribution in [0.4, 0.5) is 26.3 Å². The summed E-state index contributed by atoms with van der Waals surface area (Å²) in [5.41, 5.74) is -3.53. The molecule has 5 aromatic rings. The maximum Gasteiger partial charge on any atom is 0.436 e. The van der Waals surface area contributed by atoms with Crippen molar-refractivity contribution < 1.29 is 26.3 Å². The second-order valence-electron chi connectivity index (χ2n) is 6.97. The minimum atomic E-state index is -5.15. The van der Waals surface area contributed by atoms with Gasteiger partial charge in [-0.2, -0.15) is 32.1 Å². The van der Waals surface area contributed by atoms with Gasteiger partial charge in [-0.3, -0.25) is 14.5 Å². The van der Waals surface area contributed by atoms with Crippen LogP contribution < -0.4 is 5.56 Å². The molecule has 0 atom stereocenters. The Labute approximate surface area is 172 Å². The summed E-state index contributed by atoms with van der Waals surface area (Å²) in [6.07, 6.45) is -3.82. The van der Waals surface area contributed by atoms with Crippen molar-refractivity contribution in [1.82, 2.24) is 29.5 Å². The number of H-pyrrole nitrogens is 1. The second-order valence-corrected chi connectivity index (χ2v) is 6.97. The first-order valence-corrected chi connectivity index (χ1v) is 9.01. The monoisotopic (exact) mass is 452 g/mol. The largest absolute Gasteiger partial charge is 0.436 e. The van der Waals surface area contributed by atoms with Gasteiger partial charge >= 0.3 is 12.7 Å². The zero-order valence-corrected chi connectivity index (χ0v) is 15.9. The molecule has 13 heteroatoms. The number of aryl methyl sites for hydroxylation is 1. The molecule has 164 valence electrons. The number of alkyl halides is 5. The Kier molecular flexibility index (Phi) is 4.10. The fraction of sp³-hybridized carbons (Fsp3) is 0.158.